The second kappa shape index (κ2) is 9.62. The topological polar surface area (TPSA) is 46.5 Å². The van der Waals surface area contributed by atoms with Gasteiger partial charge in [0.25, 0.3) is 0 Å². The molecule has 2 aliphatic rings. The third-order valence-electron chi connectivity index (χ3n) is 6.45. The number of hydrogen-bond donors (Lipinski definition) is 1. The van der Waals surface area contributed by atoms with Gasteiger partial charge in [0.1, 0.15) is 11.5 Å². The highest BCUT2D eigenvalue weighted by Crippen LogP contribution is 2.48. The lowest BCUT2D eigenvalue weighted by molar-refractivity contribution is -0.137. The van der Waals surface area contributed by atoms with Crippen molar-refractivity contribution >= 4 is 11.5 Å². The molecule has 3 heteroatoms. The van der Waals surface area contributed by atoms with Crippen molar-refractivity contribution in [1.82, 2.24) is 0 Å². The fourth-order valence-electron chi connectivity index (χ4n) is 4.68. The van der Waals surface area contributed by atoms with Gasteiger partial charge in [-0.2, -0.15) is 0 Å². The number of unbranched alkanes of at least 4 members (excludes halogenated alkanes) is 6. The molecule has 2 atom stereocenters. The van der Waals surface area contributed by atoms with Crippen LogP contribution in [-0.2, 0) is 11.2 Å². The Labute approximate surface area is 170 Å². The third-order valence-corrected chi connectivity index (χ3v) is 6.45. The number of aryl methyl sites for hydroxylation is 1. The number of benzene rings is 1. The number of esters is 1. The van der Waals surface area contributed by atoms with Crippen LogP contribution in [0.3, 0.4) is 0 Å². The molecule has 0 spiro atoms. The first-order valence-electron chi connectivity index (χ1n) is 11.3. The number of carbonyl (C=O) groups is 1. The third kappa shape index (κ3) is 4.79. The summed E-state index contributed by atoms with van der Waals surface area (Å²) >= 11 is 0. The Balaban J connectivity index is 1.74. The summed E-state index contributed by atoms with van der Waals surface area (Å²) in [6.45, 7) is 6.43. The molecule has 0 fully saturated rings. The van der Waals surface area contributed by atoms with Crippen LogP contribution in [0.25, 0.3) is 5.57 Å². The van der Waals surface area contributed by atoms with Crippen molar-refractivity contribution in [1.29, 1.82) is 0 Å². The van der Waals surface area contributed by atoms with E-state index in [4.69, 9.17) is 4.74 Å². The highest BCUT2D eigenvalue weighted by Gasteiger charge is 2.34. The summed E-state index contributed by atoms with van der Waals surface area (Å²) in [6, 6.07) is 3.88. The zero-order valence-corrected chi connectivity index (χ0v) is 17.9. The van der Waals surface area contributed by atoms with E-state index in [-0.39, 0.29) is 17.6 Å². The van der Waals surface area contributed by atoms with E-state index in [2.05, 4.69) is 13.8 Å². The van der Waals surface area contributed by atoms with Gasteiger partial charge in [0.05, 0.1) is 11.5 Å². The first-order valence-corrected chi connectivity index (χ1v) is 11.3. The van der Waals surface area contributed by atoms with Crippen LogP contribution in [0.5, 0.6) is 11.5 Å². The number of ether oxygens (including phenoxy) is 1. The van der Waals surface area contributed by atoms with Crippen molar-refractivity contribution in [2.45, 2.75) is 91.4 Å². The van der Waals surface area contributed by atoms with Gasteiger partial charge >= 0.3 is 5.97 Å². The standard InChI is InChI=1S/C25H36O3/c1-4-5-6-7-8-9-10-11-19-15-22(26)24-21-14-17(2)12-13-20(21)18(3)25(27)28-23(24)16-19/h15-18,26H,4-14H2,1-3H3. The molecule has 0 radical (unpaired) electrons. The van der Waals surface area contributed by atoms with E-state index in [0.717, 1.165) is 54.4 Å². The minimum absolute atomic E-state index is 0.187. The van der Waals surface area contributed by atoms with E-state index in [9.17, 15) is 9.90 Å². The molecule has 0 saturated heterocycles. The molecule has 28 heavy (non-hydrogen) atoms. The molecule has 1 N–H and O–H groups in total. The summed E-state index contributed by atoms with van der Waals surface area (Å²) in [6.07, 6.45) is 12.7. The van der Waals surface area contributed by atoms with Crippen molar-refractivity contribution < 1.29 is 14.6 Å². The van der Waals surface area contributed by atoms with Crippen LogP contribution in [0.4, 0.5) is 0 Å². The molecular weight excluding hydrogens is 348 g/mol. The van der Waals surface area contributed by atoms with Crippen LogP contribution in [0.15, 0.2) is 17.7 Å². The zero-order valence-electron chi connectivity index (χ0n) is 17.9. The number of fused-ring (bicyclic) bond motifs is 2. The number of carbonyl (C=O) groups excluding carboxylic acids is 1. The van der Waals surface area contributed by atoms with Crippen molar-refractivity contribution in [2.24, 2.45) is 11.8 Å². The minimum Gasteiger partial charge on any atom is -0.507 e. The SMILES string of the molecule is CCCCCCCCCc1cc(O)c2c(c1)OC(=O)C(C)C1=C2CC(C)CC1. The van der Waals surface area contributed by atoms with Crippen molar-refractivity contribution in [3.8, 4) is 11.5 Å². The quantitative estimate of drug-likeness (QED) is 0.304. The summed E-state index contributed by atoms with van der Waals surface area (Å²) in [5.41, 5.74) is 4.14. The Kier molecular flexibility index (Phi) is 7.20. The van der Waals surface area contributed by atoms with Crippen molar-refractivity contribution in [3.63, 3.8) is 0 Å². The van der Waals surface area contributed by atoms with Gasteiger partial charge in [-0.05, 0) is 68.2 Å². The number of hydrogen-bond acceptors (Lipinski definition) is 3. The Morgan fingerprint density at radius 1 is 1.07 bits per heavy atom. The molecule has 0 amide bonds. The predicted octanol–water partition coefficient (Wildman–Crippen LogP) is 6.81. The van der Waals surface area contributed by atoms with Gasteiger partial charge < -0.3 is 9.84 Å². The number of aromatic hydroxyl groups is 1. The van der Waals surface area contributed by atoms with Crippen LogP contribution in [0.2, 0.25) is 0 Å². The van der Waals surface area contributed by atoms with Gasteiger partial charge in [-0.1, -0.05) is 57.9 Å². The van der Waals surface area contributed by atoms with Gasteiger partial charge in [-0.3, -0.25) is 4.79 Å². The Hall–Kier alpha value is -1.77. The van der Waals surface area contributed by atoms with Crippen LogP contribution in [-0.4, -0.2) is 11.1 Å². The number of allylic oxidation sites excluding steroid dienone is 1. The van der Waals surface area contributed by atoms with E-state index in [1.165, 1.54) is 38.5 Å². The molecule has 154 valence electrons. The predicted molar refractivity (Wildman–Crippen MR) is 115 cm³/mol. The molecule has 1 aliphatic carbocycles. The van der Waals surface area contributed by atoms with Crippen molar-refractivity contribution in [2.75, 3.05) is 0 Å². The monoisotopic (exact) mass is 384 g/mol. The number of rotatable bonds is 8. The molecule has 3 rings (SSSR count). The highest BCUT2D eigenvalue weighted by atomic mass is 16.5. The first kappa shape index (κ1) is 21.0. The van der Waals surface area contributed by atoms with Crippen LogP contribution < -0.4 is 4.74 Å². The molecule has 3 nitrogen and oxygen atoms in total. The van der Waals surface area contributed by atoms with Gasteiger partial charge in [0.2, 0.25) is 0 Å². The fraction of sp³-hybridized carbons (Fsp3) is 0.640. The normalized spacial score (nSPS) is 21.8. The van der Waals surface area contributed by atoms with Crippen molar-refractivity contribution in [3.05, 3.63) is 28.8 Å². The molecular formula is C25H36O3. The largest absolute Gasteiger partial charge is 0.507 e. The molecule has 2 unspecified atom stereocenters. The maximum atomic E-state index is 12.6. The van der Waals surface area contributed by atoms with Gasteiger partial charge in [0, 0.05) is 0 Å². The lowest BCUT2D eigenvalue weighted by Gasteiger charge is -2.26. The molecule has 1 aliphatic heterocycles. The lowest BCUT2D eigenvalue weighted by atomic mass is 9.77. The summed E-state index contributed by atoms with van der Waals surface area (Å²) in [5.74, 6) is 1.00. The van der Waals surface area contributed by atoms with Crippen LogP contribution in [0, 0.1) is 11.8 Å². The Bertz CT molecular complexity index is 732. The Morgan fingerprint density at radius 3 is 2.54 bits per heavy atom. The van der Waals surface area contributed by atoms with Gasteiger partial charge in [0.15, 0.2) is 0 Å². The Morgan fingerprint density at radius 2 is 1.79 bits per heavy atom. The van der Waals surface area contributed by atoms with Gasteiger partial charge in [-0.15, -0.1) is 0 Å². The average molecular weight is 385 g/mol. The minimum atomic E-state index is -0.221. The van der Waals surface area contributed by atoms with E-state index in [0.29, 0.717) is 11.7 Å². The molecule has 1 heterocycles. The molecule has 0 bridgehead atoms. The second-order valence-electron chi connectivity index (χ2n) is 8.85. The van der Waals surface area contributed by atoms with E-state index in [1.807, 2.05) is 19.1 Å². The van der Waals surface area contributed by atoms with Crippen LogP contribution >= 0.6 is 0 Å². The lowest BCUT2D eigenvalue weighted by Crippen LogP contribution is -2.20. The average Bonchev–Trinajstić information content (AvgIpc) is 2.76. The summed E-state index contributed by atoms with van der Waals surface area (Å²) in [7, 11) is 0. The number of phenolic OH excluding ortho intramolecular Hbond substituents is 1. The van der Waals surface area contributed by atoms with Crippen LogP contribution in [0.1, 0.15) is 96.1 Å². The van der Waals surface area contributed by atoms with E-state index in [1.54, 1.807) is 0 Å². The van der Waals surface area contributed by atoms with E-state index < -0.39 is 0 Å². The number of phenols is 1. The summed E-state index contributed by atoms with van der Waals surface area (Å²) in [4.78, 5) is 12.6. The fourth-order valence-corrected chi connectivity index (χ4v) is 4.68. The summed E-state index contributed by atoms with van der Waals surface area (Å²) < 4.78 is 5.75. The molecule has 0 aromatic heterocycles. The second-order valence-corrected chi connectivity index (χ2v) is 8.85. The van der Waals surface area contributed by atoms with E-state index >= 15 is 0 Å². The molecule has 1 aromatic rings. The first-order chi connectivity index (χ1) is 13.5. The maximum absolute atomic E-state index is 12.6. The van der Waals surface area contributed by atoms with Gasteiger partial charge in [-0.25, -0.2) is 0 Å². The highest BCUT2D eigenvalue weighted by molar-refractivity contribution is 5.89. The molecule has 0 saturated carbocycles. The zero-order chi connectivity index (χ0) is 20.1. The summed E-state index contributed by atoms with van der Waals surface area (Å²) in [5, 5.41) is 10.8. The molecule has 1 aromatic carbocycles. The maximum Gasteiger partial charge on any atom is 0.318 e. The smallest absolute Gasteiger partial charge is 0.318 e.